The van der Waals surface area contributed by atoms with Crippen LogP contribution in [0.25, 0.3) is 10.6 Å². The minimum Gasteiger partial charge on any atom is -0.502 e. The number of pyridine rings is 1. The highest BCUT2D eigenvalue weighted by Gasteiger charge is 2.49. The molecule has 5 rings (SSSR count). The van der Waals surface area contributed by atoms with Crippen LogP contribution in [0.1, 0.15) is 40.8 Å². The number of aromatic hydroxyl groups is 1. The van der Waals surface area contributed by atoms with Gasteiger partial charge < -0.3 is 10.0 Å². The predicted octanol–water partition coefficient (Wildman–Crippen LogP) is 3.21. The Kier molecular flexibility index (Phi) is 6.04. The van der Waals surface area contributed by atoms with E-state index < -0.39 is 34.4 Å². The van der Waals surface area contributed by atoms with Crippen LogP contribution in [0.3, 0.4) is 0 Å². The number of carbonyl (C=O) groups is 1. The summed E-state index contributed by atoms with van der Waals surface area (Å²) in [6.45, 7) is 2.51. The Morgan fingerprint density at radius 1 is 1.17 bits per heavy atom. The third-order valence-electron chi connectivity index (χ3n) is 6.68. The summed E-state index contributed by atoms with van der Waals surface area (Å²) < 4.78 is 28.9. The van der Waals surface area contributed by atoms with E-state index in [-0.39, 0.29) is 28.2 Å². The molecule has 1 spiro atoms. The van der Waals surface area contributed by atoms with Gasteiger partial charge in [0.05, 0.1) is 5.56 Å². The highest BCUT2D eigenvalue weighted by molar-refractivity contribution is 7.99. The van der Waals surface area contributed by atoms with Gasteiger partial charge in [-0.3, -0.25) is 19.3 Å². The first-order chi connectivity index (χ1) is 16.8. The van der Waals surface area contributed by atoms with Crippen LogP contribution in [0, 0.1) is 11.6 Å². The molecule has 4 heterocycles. The molecule has 35 heavy (non-hydrogen) atoms. The molecule has 0 saturated carbocycles. The normalized spacial score (nSPS) is 17.2. The number of carbonyl (C=O) groups excluding carboxylic acids is 1. The molecule has 0 bridgehead atoms. The quantitative estimate of drug-likeness (QED) is 0.566. The van der Waals surface area contributed by atoms with Crippen molar-refractivity contribution in [2.45, 2.75) is 31.8 Å². The van der Waals surface area contributed by atoms with Gasteiger partial charge in [0.15, 0.2) is 16.5 Å². The standard InChI is InChI=1S/C23H23F2N5O3S2/c1-3-30-23(6-8-34-9-7-23)28(2)22(33)18-20(32)19(31)15(12-29(18)30)21-27-26-17(35-21)10-13-4-5-14(24)11-16(13)25/h4-5,11-12,32H,3,6-10H2,1-2H3. The smallest absolute Gasteiger partial charge is 0.278 e. The number of amides is 1. The third-order valence-corrected chi connectivity index (χ3v) is 8.63. The van der Waals surface area contributed by atoms with Crippen LogP contribution < -0.4 is 10.4 Å². The molecule has 1 saturated heterocycles. The van der Waals surface area contributed by atoms with Crippen LogP contribution in [-0.2, 0) is 6.42 Å². The second-order valence-electron chi connectivity index (χ2n) is 8.50. The lowest BCUT2D eigenvalue weighted by molar-refractivity contribution is 0.0331. The highest BCUT2D eigenvalue weighted by Crippen LogP contribution is 2.40. The summed E-state index contributed by atoms with van der Waals surface area (Å²) in [7, 11) is 1.72. The molecule has 1 N–H and O–H groups in total. The van der Waals surface area contributed by atoms with Crippen LogP contribution in [0.15, 0.2) is 29.2 Å². The number of nitrogens with zero attached hydrogens (tertiary/aromatic N) is 5. The van der Waals surface area contributed by atoms with E-state index >= 15 is 0 Å². The minimum atomic E-state index is -0.722. The lowest BCUT2D eigenvalue weighted by Gasteiger charge is -2.55. The van der Waals surface area contributed by atoms with Crippen LogP contribution in [0.4, 0.5) is 8.78 Å². The Morgan fingerprint density at radius 2 is 1.91 bits per heavy atom. The molecule has 184 valence electrons. The lowest BCUT2D eigenvalue weighted by atomic mass is 9.97. The summed E-state index contributed by atoms with van der Waals surface area (Å²) >= 11 is 2.91. The van der Waals surface area contributed by atoms with Gasteiger partial charge in [0.25, 0.3) is 5.91 Å². The number of aromatic nitrogens is 3. The maximum absolute atomic E-state index is 14.1. The maximum Gasteiger partial charge on any atom is 0.278 e. The topological polar surface area (TPSA) is 91.6 Å². The van der Waals surface area contributed by atoms with Gasteiger partial charge in [0.1, 0.15) is 22.3 Å². The predicted molar refractivity (Wildman–Crippen MR) is 131 cm³/mol. The lowest BCUT2D eigenvalue weighted by Crippen LogP contribution is -2.70. The van der Waals surface area contributed by atoms with Crippen LogP contribution in [0.5, 0.6) is 5.75 Å². The molecule has 0 aliphatic carbocycles. The molecule has 8 nitrogen and oxygen atoms in total. The monoisotopic (exact) mass is 519 g/mol. The fourth-order valence-corrected chi connectivity index (χ4v) is 6.87. The Balaban J connectivity index is 1.58. The van der Waals surface area contributed by atoms with Crippen molar-refractivity contribution in [1.82, 2.24) is 19.8 Å². The van der Waals surface area contributed by atoms with Gasteiger partial charge in [-0.2, -0.15) is 11.8 Å². The number of rotatable bonds is 4. The molecule has 0 unspecified atom stereocenters. The number of thioether (sulfide) groups is 1. The van der Waals surface area contributed by atoms with Gasteiger partial charge in [-0.15, -0.1) is 10.2 Å². The van der Waals surface area contributed by atoms with E-state index in [0.29, 0.717) is 11.6 Å². The van der Waals surface area contributed by atoms with Crippen molar-refractivity contribution in [3.63, 3.8) is 0 Å². The van der Waals surface area contributed by atoms with Crippen molar-refractivity contribution in [1.29, 1.82) is 0 Å². The molecule has 3 aromatic rings. The molecule has 2 aliphatic heterocycles. The first kappa shape index (κ1) is 23.7. The summed E-state index contributed by atoms with van der Waals surface area (Å²) in [5.74, 6) is -0.626. The second kappa shape index (κ2) is 8.90. The molecule has 12 heteroatoms. The van der Waals surface area contributed by atoms with Gasteiger partial charge >= 0.3 is 0 Å². The SMILES string of the molecule is CCN1n2cc(-c3nnc(Cc4ccc(F)cc4F)s3)c(=O)c(O)c2C(=O)N(C)C12CCSCC2. The molecule has 2 aliphatic rings. The van der Waals surface area contributed by atoms with E-state index in [1.807, 2.05) is 23.7 Å². The van der Waals surface area contributed by atoms with E-state index in [9.17, 15) is 23.5 Å². The zero-order valence-electron chi connectivity index (χ0n) is 19.1. The van der Waals surface area contributed by atoms with Gasteiger partial charge in [-0.05, 0) is 42.9 Å². The van der Waals surface area contributed by atoms with E-state index in [4.69, 9.17) is 0 Å². The summed E-state index contributed by atoms with van der Waals surface area (Å²) in [6, 6.07) is 3.31. The van der Waals surface area contributed by atoms with Crippen molar-refractivity contribution >= 4 is 29.0 Å². The van der Waals surface area contributed by atoms with Gasteiger partial charge in [-0.1, -0.05) is 17.4 Å². The molecule has 2 aromatic heterocycles. The van der Waals surface area contributed by atoms with Gasteiger partial charge in [0.2, 0.25) is 5.43 Å². The van der Waals surface area contributed by atoms with Crippen molar-refractivity contribution in [2.75, 3.05) is 30.1 Å². The van der Waals surface area contributed by atoms with Gasteiger partial charge in [-0.25, -0.2) is 8.78 Å². The zero-order chi connectivity index (χ0) is 24.9. The van der Waals surface area contributed by atoms with E-state index in [2.05, 4.69) is 10.2 Å². The second-order valence-corrected chi connectivity index (χ2v) is 10.8. The van der Waals surface area contributed by atoms with Crippen LogP contribution in [0.2, 0.25) is 0 Å². The Hall–Kier alpha value is -2.99. The summed E-state index contributed by atoms with van der Waals surface area (Å²) in [5.41, 5.74) is -1.01. The van der Waals surface area contributed by atoms with E-state index in [0.717, 1.165) is 41.8 Å². The first-order valence-electron chi connectivity index (χ1n) is 11.2. The first-order valence-corrected chi connectivity index (χ1v) is 13.1. The van der Waals surface area contributed by atoms with Crippen molar-refractivity contribution in [2.24, 2.45) is 0 Å². The van der Waals surface area contributed by atoms with Crippen molar-refractivity contribution in [3.8, 4) is 16.3 Å². The maximum atomic E-state index is 14.1. The van der Waals surface area contributed by atoms with Gasteiger partial charge in [0, 0.05) is 32.3 Å². The van der Waals surface area contributed by atoms with Crippen LogP contribution in [-0.4, -0.2) is 61.5 Å². The van der Waals surface area contributed by atoms with E-state index in [1.54, 1.807) is 16.6 Å². The summed E-state index contributed by atoms with van der Waals surface area (Å²) in [4.78, 5) is 28.1. The number of hydrogen-bond acceptors (Lipinski definition) is 8. The molecular weight excluding hydrogens is 496 g/mol. The van der Waals surface area contributed by atoms with Crippen molar-refractivity contribution < 1.29 is 18.7 Å². The summed E-state index contributed by atoms with van der Waals surface area (Å²) in [5, 5.41) is 21.7. The molecule has 1 aromatic carbocycles. The average Bonchev–Trinajstić information content (AvgIpc) is 3.31. The number of benzene rings is 1. The third kappa shape index (κ3) is 3.79. The largest absolute Gasteiger partial charge is 0.502 e. The highest BCUT2D eigenvalue weighted by atomic mass is 32.2. The van der Waals surface area contributed by atoms with E-state index in [1.165, 1.54) is 18.3 Å². The van der Waals surface area contributed by atoms with Crippen LogP contribution >= 0.6 is 23.1 Å². The Bertz CT molecular complexity index is 1370. The fourth-order valence-electron chi connectivity index (χ4n) is 4.85. The Morgan fingerprint density at radius 3 is 2.60 bits per heavy atom. The molecule has 1 amide bonds. The number of halogens is 2. The minimum absolute atomic E-state index is 0.0766. The average molecular weight is 520 g/mol. The zero-order valence-corrected chi connectivity index (χ0v) is 20.8. The molecule has 0 atom stereocenters. The fraction of sp³-hybridized carbons (Fsp3) is 0.391. The molecule has 0 radical (unpaired) electrons. The number of hydrogen-bond donors (Lipinski definition) is 1. The summed E-state index contributed by atoms with van der Waals surface area (Å²) in [6.07, 6.45) is 3.12. The Labute approximate surface area is 208 Å². The molecular formula is C23H23F2N5O3S2. The molecule has 1 fully saturated rings. The van der Waals surface area contributed by atoms with Crippen molar-refractivity contribution in [3.05, 3.63) is 62.5 Å². The number of fused-ring (bicyclic) bond motifs is 1.